The fourth-order valence-corrected chi connectivity index (χ4v) is 3.91. The molecule has 1 aromatic rings. The Bertz CT molecular complexity index is 539. The van der Waals surface area contributed by atoms with Crippen molar-refractivity contribution < 1.29 is 14.7 Å². The Labute approximate surface area is 128 Å². The Kier molecular flexibility index (Phi) is 4.14. The van der Waals surface area contributed by atoms with E-state index in [-0.39, 0.29) is 24.5 Å². The largest absolute Gasteiger partial charge is 0.481 e. The van der Waals surface area contributed by atoms with Crippen molar-refractivity contribution in [3.63, 3.8) is 0 Å². The summed E-state index contributed by atoms with van der Waals surface area (Å²) >= 11 is 1.75. The predicted octanol–water partition coefficient (Wildman–Crippen LogP) is 2.77. The van der Waals surface area contributed by atoms with Crippen LogP contribution in [0.25, 0.3) is 0 Å². The number of nitrogens with one attached hydrogen (secondary N) is 1. The summed E-state index contributed by atoms with van der Waals surface area (Å²) in [6.45, 7) is 0.301. The average molecular weight is 308 g/mol. The van der Waals surface area contributed by atoms with Gasteiger partial charge in [0.2, 0.25) is 0 Å². The molecule has 2 N–H and O–H groups in total. The SMILES string of the molecule is O=C(O)CCN(C(=O)NC1CCCc2sccc21)C1CC1. The van der Waals surface area contributed by atoms with Gasteiger partial charge in [0.25, 0.3) is 0 Å². The topological polar surface area (TPSA) is 69.6 Å². The molecule has 0 saturated heterocycles. The third kappa shape index (κ3) is 3.37. The third-order valence-corrected chi connectivity index (χ3v) is 5.16. The summed E-state index contributed by atoms with van der Waals surface area (Å²) in [7, 11) is 0. The number of urea groups is 1. The lowest BCUT2D eigenvalue weighted by atomic mass is 9.94. The first-order chi connectivity index (χ1) is 10.1. The Balaban J connectivity index is 1.63. The van der Waals surface area contributed by atoms with Crippen LogP contribution in [0.2, 0.25) is 0 Å². The van der Waals surface area contributed by atoms with E-state index in [9.17, 15) is 9.59 Å². The summed E-state index contributed by atoms with van der Waals surface area (Å²) in [6.07, 6.45) is 5.15. The molecule has 0 radical (unpaired) electrons. The van der Waals surface area contributed by atoms with Gasteiger partial charge in [-0.25, -0.2) is 4.79 Å². The third-order valence-electron chi connectivity index (χ3n) is 4.16. The number of thiophene rings is 1. The van der Waals surface area contributed by atoms with E-state index in [1.807, 2.05) is 0 Å². The van der Waals surface area contributed by atoms with Crippen molar-refractivity contribution in [2.75, 3.05) is 6.54 Å². The minimum atomic E-state index is -0.855. The second-order valence-corrected chi connectivity index (χ2v) is 6.76. The average Bonchev–Trinajstić information content (AvgIpc) is 3.15. The van der Waals surface area contributed by atoms with Gasteiger partial charge >= 0.3 is 12.0 Å². The van der Waals surface area contributed by atoms with Gasteiger partial charge in [0.1, 0.15) is 0 Å². The van der Waals surface area contributed by atoms with Crippen molar-refractivity contribution in [1.29, 1.82) is 0 Å². The first kappa shape index (κ1) is 14.4. The molecule has 0 spiro atoms. The van der Waals surface area contributed by atoms with Crippen LogP contribution < -0.4 is 5.32 Å². The molecule has 0 aliphatic heterocycles. The Morgan fingerprint density at radius 3 is 2.90 bits per heavy atom. The molecule has 114 valence electrons. The van der Waals surface area contributed by atoms with Crippen molar-refractivity contribution in [3.8, 4) is 0 Å². The number of amides is 2. The molecule has 5 nitrogen and oxygen atoms in total. The maximum Gasteiger partial charge on any atom is 0.318 e. The van der Waals surface area contributed by atoms with Gasteiger partial charge in [0.05, 0.1) is 12.5 Å². The molecule has 2 aliphatic rings. The summed E-state index contributed by atoms with van der Waals surface area (Å²) in [5.74, 6) is -0.855. The van der Waals surface area contributed by atoms with Crippen LogP contribution in [0.1, 0.15) is 48.6 Å². The Morgan fingerprint density at radius 1 is 1.38 bits per heavy atom. The molecule has 1 saturated carbocycles. The quantitative estimate of drug-likeness (QED) is 0.878. The minimum Gasteiger partial charge on any atom is -0.481 e. The normalized spacial score (nSPS) is 20.7. The lowest BCUT2D eigenvalue weighted by molar-refractivity contribution is -0.137. The number of hydrogen-bond acceptors (Lipinski definition) is 3. The van der Waals surface area contributed by atoms with E-state index in [2.05, 4.69) is 16.8 Å². The van der Waals surface area contributed by atoms with Gasteiger partial charge in [-0.1, -0.05) is 0 Å². The van der Waals surface area contributed by atoms with Gasteiger partial charge in [-0.2, -0.15) is 0 Å². The van der Waals surface area contributed by atoms with Gasteiger partial charge in [-0.3, -0.25) is 4.79 Å². The molecule has 1 atom stereocenters. The molecule has 0 bridgehead atoms. The lowest BCUT2D eigenvalue weighted by Crippen LogP contribution is -2.44. The number of fused-ring (bicyclic) bond motifs is 1. The standard InChI is InChI=1S/C15H20N2O3S/c18-14(19)6-8-17(10-4-5-10)15(20)16-12-2-1-3-13-11(12)7-9-21-13/h7,9-10,12H,1-6,8H2,(H,16,20)(H,18,19). The Hall–Kier alpha value is -1.56. The number of nitrogens with zero attached hydrogens (tertiary/aromatic N) is 1. The number of aryl methyl sites for hydroxylation is 1. The monoisotopic (exact) mass is 308 g/mol. The van der Waals surface area contributed by atoms with E-state index >= 15 is 0 Å². The van der Waals surface area contributed by atoms with Gasteiger partial charge in [-0.15, -0.1) is 11.3 Å². The predicted molar refractivity (Wildman–Crippen MR) is 80.5 cm³/mol. The van der Waals surface area contributed by atoms with Crippen LogP contribution >= 0.6 is 11.3 Å². The van der Waals surface area contributed by atoms with E-state index in [1.54, 1.807) is 16.2 Å². The van der Waals surface area contributed by atoms with Gasteiger partial charge in [0.15, 0.2) is 0 Å². The van der Waals surface area contributed by atoms with Crippen LogP contribution in [-0.4, -0.2) is 34.6 Å². The highest BCUT2D eigenvalue weighted by Crippen LogP contribution is 2.34. The van der Waals surface area contributed by atoms with Crippen molar-refractivity contribution in [2.45, 2.75) is 50.6 Å². The number of aliphatic carboxylic acids is 1. The first-order valence-electron chi connectivity index (χ1n) is 7.50. The van der Waals surface area contributed by atoms with Crippen molar-refractivity contribution in [3.05, 3.63) is 21.9 Å². The zero-order valence-corrected chi connectivity index (χ0v) is 12.7. The maximum absolute atomic E-state index is 12.5. The van der Waals surface area contributed by atoms with Gasteiger partial charge < -0.3 is 15.3 Å². The van der Waals surface area contributed by atoms with Crippen LogP contribution in [-0.2, 0) is 11.2 Å². The maximum atomic E-state index is 12.5. The van der Waals surface area contributed by atoms with Gasteiger partial charge in [0, 0.05) is 17.5 Å². The fourth-order valence-electron chi connectivity index (χ4n) is 2.92. The molecule has 0 aromatic carbocycles. The summed E-state index contributed by atoms with van der Waals surface area (Å²) in [6, 6.07) is 2.30. The molecule has 21 heavy (non-hydrogen) atoms. The molecule has 1 heterocycles. The number of carbonyl (C=O) groups excluding carboxylic acids is 1. The molecule has 2 amide bonds. The number of rotatable bonds is 5. The highest BCUT2D eigenvalue weighted by Gasteiger charge is 2.34. The number of hydrogen-bond donors (Lipinski definition) is 2. The van der Waals surface area contributed by atoms with Crippen LogP contribution in [0.5, 0.6) is 0 Å². The fraction of sp³-hybridized carbons (Fsp3) is 0.600. The lowest BCUT2D eigenvalue weighted by Gasteiger charge is -2.28. The molecule has 1 fully saturated rings. The minimum absolute atomic E-state index is 0.0122. The second kappa shape index (κ2) is 6.05. The summed E-state index contributed by atoms with van der Waals surface area (Å²) in [5, 5.41) is 14.0. The number of carboxylic acid groups (broad SMARTS) is 1. The van der Waals surface area contributed by atoms with E-state index in [4.69, 9.17) is 5.11 Å². The molecule has 6 heteroatoms. The molecule has 1 unspecified atom stereocenters. The molecule has 3 rings (SSSR count). The first-order valence-corrected chi connectivity index (χ1v) is 8.38. The van der Waals surface area contributed by atoms with E-state index in [0.717, 1.165) is 32.1 Å². The highest BCUT2D eigenvalue weighted by atomic mass is 32.1. The van der Waals surface area contributed by atoms with Crippen molar-refractivity contribution in [1.82, 2.24) is 10.2 Å². The molecular weight excluding hydrogens is 288 g/mol. The molecular formula is C15H20N2O3S. The summed E-state index contributed by atoms with van der Waals surface area (Å²) in [4.78, 5) is 26.3. The smallest absolute Gasteiger partial charge is 0.318 e. The second-order valence-electron chi connectivity index (χ2n) is 5.76. The van der Waals surface area contributed by atoms with Gasteiger partial charge in [-0.05, 0) is 49.1 Å². The van der Waals surface area contributed by atoms with Crippen LogP contribution in [0.3, 0.4) is 0 Å². The zero-order chi connectivity index (χ0) is 14.8. The zero-order valence-electron chi connectivity index (χ0n) is 11.9. The van der Waals surface area contributed by atoms with Crippen molar-refractivity contribution in [2.24, 2.45) is 0 Å². The van der Waals surface area contributed by atoms with E-state index in [0.29, 0.717) is 6.54 Å². The van der Waals surface area contributed by atoms with E-state index in [1.165, 1.54) is 10.4 Å². The van der Waals surface area contributed by atoms with Crippen LogP contribution in [0.4, 0.5) is 4.79 Å². The number of carboxylic acids is 1. The van der Waals surface area contributed by atoms with E-state index < -0.39 is 5.97 Å². The Morgan fingerprint density at radius 2 is 2.19 bits per heavy atom. The van der Waals surface area contributed by atoms with Crippen LogP contribution in [0, 0.1) is 0 Å². The molecule has 2 aliphatic carbocycles. The summed E-state index contributed by atoms with van der Waals surface area (Å²) < 4.78 is 0. The van der Waals surface area contributed by atoms with Crippen molar-refractivity contribution >= 4 is 23.3 Å². The highest BCUT2D eigenvalue weighted by molar-refractivity contribution is 7.10. The molecule has 1 aromatic heterocycles. The van der Waals surface area contributed by atoms with Crippen LogP contribution in [0.15, 0.2) is 11.4 Å². The summed E-state index contributed by atoms with van der Waals surface area (Å²) in [5.41, 5.74) is 1.24. The number of carbonyl (C=O) groups is 2.